The molecule has 0 aromatic carbocycles. The number of nitrogens with zero attached hydrogens (tertiary/aromatic N) is 3. The van der Waals surface area contributed by atoms with Gasteiger partial charge in [0.25, 0.3) is 0 Å². The Kier molecular flexibility index (Phi) is 5.12. The summed E-state index contributed by atoms with van der Waals surface area (Å²) in [5, 5.41) is 5.86. The predicted octanol–water partition coefficient (Wildman–Crippen LogP) is 1.54. The summed E-state index contributed by atoms with van der Waals surface area (Å²) in [6.07, 6.45) is 6.89. The molecule has 6 heteroatoms. The van der Waals surface area contributed by atoms with E-state index in [1.54, 1.807) is 18.6 Å². The molecule has 0 unspecified atom stereocenters. The van der Waals surface area contributed by atoms with Crippen LogP contribution in [-0.2, 0) is 6.54 Å². The van der Waals surface area contributed by atoms with Gasteiger partial charge in [-0.2, -0.15) is 0 Å². The van der Waals surface area contributed by atoms with Gasteiger partial charge in [0, 0.05) is 37.1 Å². The Labute approximate surface area is 126 Å². The maximum atomic E-state index is 11.9. The van der Waals surface area contributed by atoms with Crippen LogP contribution in [0.5, 0.6) is 0 Å². The molecule has 116 valence electrons. The zero-order valence-electron chi connectivity index (χ0n) is 13.1. The van der Waals surface area contributed by atoms with E-state index >= 15 is 0 Å². The molecule has 6 nitrogen and oxygen atoms in total. The fourth-order valence-corrected chi connectivity index (χ4v) is 2.52. The Morgan fingerprint density at radius 1 is 1.33 bits per heavy atom. The number of urea groups is 1. The highest BCUT2D eigenvalue weighted by molar-refractivity contribution is 5.74. The van der Waals surface area contributed by atoms with Gasteiger partial charge in [-0.1, -0.05) is 0 Å². The fraction of sp³-hybridized carbons (Fsp3) is 0.667. The van der Waals surface area contributed by atoms with Crippen LogP contribution in [-0.4, -0.2) is 45.6 Å². The van der Waals surface area contributed by atoms with Gasteiger partial charge >= 0.3 is 6.03 Å². The third kappa shape index (κ3) is 4.97. The van der Waals surface area contributed by atoms with Crippen molar-refractivity contribution in [1.29, 1.82) is 0 Å². The van der Waals surface area contributed by atoms with Gasteiger partial charge in [0.15, 0.2) is 0 Å². The molecule has 2 heterocycles. The fourth-order valence-electron chi connectivity index (χ4n) is 2.52. The molecule has 0 aliphatic carbocycles. The van der Waals surface area contributed by atoms with Crippen molar-refractivity contribution in [3.8, 4) is 0 Å². The van der Waals surface area contributed by atoms with Crippen molar-refractivity contribution in [3.63, 3.8) is 0 Å². The van der Waals surface area contributed by atoms with Crippen LogP contribution < -0.4 is 10.6 Å². The van der Waals surface area contributed by atoms with Crippen LogP contribution in [0.3, 0.4) is 0 Å². The number of hydrogen-bond donors (Lipinski definition) is 2. The number of carbonyl (C=O) groups excluding carboxylic acids is 1. The molecule has 2 rings (SSSR count). The van der Waals surface area contributed by atoms with Gasteiger partial charge in [0.2, 0.25) is 0 Å². The summed E-state index contributed by atoms with van der Waals surface area (Å²) in [5.41, 5.74) is 0.967. The van der Waals surface area contributed by atoms with E-state index in [0.717, 1.165) is 31.6 Å². The number of nitrogens with one attached hydrogen (secondary N) is 2. The van der Waals surface area contributed by atoms with Gasteiger partial charge in [-0.15, -0.1) is 0 Å². The number of rotatable bonds is 3. The molecule has 0 spiro atoms. The molecule has 0 atom stereocenters. The van der Waals surface area contributed by atoms with Crippen molar-refractivity contribution in [2.24, 2.45) is 0 Å². The van der Waals surface area contributed by atoms with Crippen LogP contribution in [0.15, 0.2) is 18.6 Å². The number of piperidine rings is 1. The highest BCUT2D eigenvalue weighted by Gasteiger charge is 2.27. The number of amides is 2. The highest BCUT2D eigenvalue weighted by atomic mass is 16.2. The molecular formula is C15H25N5O. The van der Waals surface area contributed by atoms with Gasteiger partial charge in [-0.3, -0.25) is 14.9 Å². The first-order chi connectivity index (χ1) is 9.95. The molecule has 2 N–H and O–H groups in total. The Bertz CT molecular complexity index is 449. The number of aromatic nitrogens is 2. The first-order valence-electron chi connectivity index (χ1n) is 7.49. The summed E-state index contributed by atoms with van der Waals surface area (Å²) >= 11 is 0. The Hall–Kier alpha value is -1.69. The standard InChI is InChI=1S/C15H25N5O/c1-15(2,3)20-8-4-12(5-9-20)19-14(21)18-11-13-10-16-6-7-17-13/h6-7,10,12H,4-5,8-9,11H2,1-3H3,(H2,18,19,21). The normalized spacial score (nSPS) is 17.5. The van der Waals surface area contributed by atoms with Crippen LogP contribution in [0, 0.1) is 0 Å². The maximum Gasteiger partial charge on any atom is 0.315 e. The SMILES string of the molecule is CC(C)(C)N1CCC(NC(=O)NCc2cnccn2)CC1. The summed E-state index contributed by atoms with van der Waals surface area (Å²) in [5.74, 6) is 0. The summed E-state index contributed by atoms with van der Waals surface area (Å²) in [6, 6.07) is 0.125. The van der Waals surface area contributed by atoms with E-state index in [-0.39, 0.29) is 17.6 Å². The Morgan fingerprint density at radius 3 is 2.62 bits per heavy atom. The molecule has 1 saturated heterocycles. The third-order valence-electron chi connectivity index (χ3n) is 3.83. The quantitative estimate of drug-likeness (QED) is 0.886. The average Bonchev–Trinajstić information content (AvgIpc) is 2.46. The van der Waals surface area contributed by atoms with Gasteiger partial charge in [0.1, 0.15) is 0 Å². The molecule has 1 aliphatic rings. The second kappa shape index (κ2) is 6.85. The largest absolute Gasteiger partial charge is 0.335 e. The number of likely N-dealkylation sites (tertiary alicyclic amines) is 1. The van der Waals surface area contributed by atoms with E-state index in [4.69, 9.17) is 0 Å². The first kappa shape index (κ1) is 15.7. The van der Waals surface area contributed by atoms with Gasteiger partial charge in [-0.25, -0.2) is 4.79 Å². The van der Waals surface area contributed by atoms with Crippen molar-refractivity contribution in [2.45, 2.75) is 51.7 Å². The Morgan fingerprint density at radius 2 is 2.05 bits per heavy atom. The smallest absolute Gasteiger partial charge is 0.315 e. The molecule has 0 bridgehead atoms. The number of hydrogen-bond acceptors (Lipinski definition) is 4. The zero-order valence-corrected chi connectivity index (χ0v) is 13.1. The van der Waals surface area contributed by atoms with Gasteiger partial charge < -0.3 is 10.6 Å². The second-order valence-corrected chi connectivity index (χ2v) is 6.46. The lowest BCUT2D eigenvalue weighted by atomic mass is 9.98. The molecule has 2 amide bonds. The molecule has 1 aromatic rings. The second-order valence-electron chi connectivity index (χ2n) is 6.46. The summed E-state index contributed by atoms with van der Waals surface area (Å²) < 4.78 is 0. The van der Waals surface area contributed by atoms with Gasteiger partial charge in [-0.05, 0) is 33.6 Å². The van der Waals surface area contributed by atoms with E-state index in [1.165, 1.54) is 0 Å². The first-order valence-corrected chi connectivity index (χ1v) is 7.49. The van der Waals surface area contributed by atoms with Crippen molar-refractivity contribution in [3.05, 3.63) is 24.3 Å². The molecule has 1 aliphatic heterocycles. The monoisotopic (exact) mass is 291 g/mol. The zero-order chi connectivity index (χ0) is 15.3. The van der Waals surface area contributed by atoms with E-state index < -0.39 is 0 Å². The molecule has 21 heavy (non-hydrogen) atoms. The summed E-state index contributed by atoms with van der Waals surface area (Å²) in [7, 11) is 0. The average molecular weight is 291 g/mol. The molecule has 1 aromatic heterocycles. The van der Waals surface area contributed by atoms with Crippen LogP contribution >= 0.6 is 0 Å². The van der Waals surface area contributed by atoms with Crippen LogP contribution in [0.4, 0.5) is 4.79 Å². The minimum absolute atomic E-state index is 0.130. The minimum atomic E-state index is -0.130. The molecule has 1 fully saturated rings. The topological polar surface area (TPSA) is 70.2 Å². The van der Waals surface area contributed by atoms with Crippen molar-refractivity contribution >= 4 is 6.03 Å². The van der Waals surface area contributed by atoms with Crippen molar-refractivity contribution < 1.29 is 4.79 Å². The van der Waals surface area contributed by atoms with Crippen molar-refractivity contribution in [1.82, 2.24) is 25.5 Å². The predicted molar refractivity (Wildman–Crippen MR) is 81.8 cm³/mol. The van der Waals surface area contributed by atoms with Crippen LogP contribution in [0.25, 0.3) is 0 Å². The molecular weight excluding hydrogens is 266 g/mol. The van der Waals surface area contributed by atoms with Crippen molar-refractivity contribution in [2.75, 3.05) is 13.1 Å². The van der Waals surface area contributed by atoms with E-state index in [9.17, 15) is 4.79 Å². The molecule has 0 radical (unpaired) electrons. The molecule has 0 saturated carbocycles. The lowest BCUT2D eigenvalue weighted by molar-refractivity contribution is 0.0978. The highest BCUT2D eigenvalue weighted by Crippen LogP contribution is 2.19. The lowest BCUT2D eigenvalue weighted by Gasteiger charge is -2.40. The van der Waals surface area contributed by atoms with E-state index in [2.05, 4.69) is 46.3 Å². The lowest BCUT2D eigenvalue weighted by Crippen LogP contribution is -2.52. The van der Waals surface area contributed by atoms with E-state index in [1.807, 2.05) is 0 Å². The van der Waals surface area contributed by atoms with Gasteiger partial charge in [0.05, 0.1) is 18.4 Å². The summed E-state index contributed by atoms with van der Waals surface area (Å²) in [4.78, 5) is 22.4. The summed E-state index contributed by atoms with van der Waals surface area (Å²) in [6.45, 7) is 9.15. The maximum absolute atomic E-state index is 11.9. The number of carbonyl (C=O) groups is 1. The Balaban J connectivity index is 1.70. The minimum Gasteiger partial charge on any atom is -0.335 e. The third-order valence-corrected chi connectivity index (χ3v) is 3.83. The van der Waals surface area contributed by atoms with Crippen LogP contribution in [0.1, 0.15) is 39.3 Å². The van der Waals surface area contributed by atoms with Crippen LogP contribution in [0.2, 0.25) is 0 Å². The van der Waals surface area contributed by atoms with E-state index in [0.29, 0.717) is 6.54 Å².